The lowest BCUT2D eigenvalue weighted by Gasteiger charge is -2.31. The first kappa shape index (κ1) is 30.6. The van der Waals surface area contributed by atoms with Crippen LogP contribution in [-0.4, -0.2) is 42.1 Å². The summed E-state index contributed by atoms with van der Waals surface area (Å²) in [7, 11) is 1.27. The van der Waals surface area contributed by atoms with Crippen LogP contribution in [0.25, 0.3) is 0 Å². The maximum atomic E-state index is 14.9. The van der Waals surface area contributed by atoms with E-state index in [4.69, 9.17) is 9.47 Å². The second-order valence-electron chi connectivity index (χ2n) is 11.5. The summed E-state index contributed by atoms with van der Waals surface area (Å²) in [4.78, 5) is 38.1. The van der Waals surface area contributed by atoms with Crippen molar-refractivity contribution in [3.63, 3.8) is 0 Å². The van der Waals surface area contributed by atoms with E-state index in [1.165, 1.54) is 13.2 Å². The molecule has 0 aliphatic heterocycles. The number of hydrogen-bond donors (Lipinski definition) is 3. The van der Waals surface area contributed by atoms with Crippen molar-refractivity contribution < 1.29 is 50.9 Å². The number of halogens is 5. The Morgan fingerprint density at radius 3 is 2.26 bits per heavy atom. The Labute approximate surface area is 243 Å². The molecule has 0 aromatic heterocycles. The number of rotatable bonds is 8. The summed E-state index contributed by atoms with van der Waals surface area (Å²) in [5.41, 5.74) is -1.62. The van der Waals surface area contributed by atoms with Gasteiger partial charge in [-0.05, 0) is 81.0 Å². The van der Waals surface area contributed by atoms with Gasteiger partial charge in [-0.15, -0.1) is 0 Å². The first-order valence-electron chi connectivity index (χ1n) is 14.1. The molecule has 0 radical (unpaired) electrons. The van der Waals surface area contributed by atoms with Crippen LogP contribution in [0, 0.1) is 35.3 Å². The maximum absolute atomic E-state index is 14.9. The SMILES string of the molecule is COc1cc(F)c(OC2CCC(C(=O)O)CC2)cc1C(=O)N[C@@H]1[C@H]2CC[C@H](C2)[C@@H]1C(=O)Nc1cc(F)cc(C(F)(F)F)c1. The van der Waals surface area contributed by atoms with Crippen molar-refractivity contribution in [2.45, 2.75) is 63.3 Å². The van der Waals surface area contributed by atoms with E-state index >= 15 is 0 Å². The van der Waals surface area contributed by atoms with Crippen molar-refractivity contribution in [1.82, 2.24) is 5.32 Å². The maximum Gasteiger partial charge on any atom is 0.416 e. The number of carboxylic acid groups (broad SMARTS) is 1. The molecule has 43 heavy (non-hydrogen) atoms. The molecule has 2 aromatic rings. The van der Waals surface area contributed by atoms with Crippen LogP contribution in [-0.2, 0) is 15.8 Å². The molecule has 3 N–H and O–H groups in total. The highest BCUT2D eigenvalue weighted by Gasteiger charge is 2.51. The van der Waals surface area contributed by atoms with Gasteiger partial charge in [0.15, 0.2) is 11.6 Å². The van der Waals surface area contributed by atoms with Crippen molar-refractivity contribution in [2.24, 2.45) is 23.7 Å². The smallest absolute Gasteiger partial charge is 0.416 e. The van der Waals surface area contributed by atoms with Gasteiger partial charge < -0.3 is 25.2 Å². The normalized spacial score (nSPS) is 26.6. The minimum Gasteiger partial charge on any atom is -0.496 e. The number of fused-ring (bicyclic) bond motifs is 2. The van der Waals surface area contributed by atoms with Gasteiger partial charge in [-0.1, -0.05) is 0 Å². The lowest BCUT2D eigenvalue weighted by Crippen LogP contribution is -2.48. The summed E-state index contributed by atoms with van der Waals surface area (Å²) in [5, 5.41) is 14.5. The minimum absolute atomic E-state index is 0.0417. The third-order valence-corrected chi connectivity index (χ3v) is 8.83. The number of carboxylic acids is 1. The number of carbonyl (C=O) groups is 3. The van der Waals surface area contributed by atoms with Crippen LogP contribution in [0.4, 0.5) is 27.6 Å². The van der Waals surface area contributed by atoms with Crippen molar-refractivity contribution in [3.05, 3.63) is 53.1 Å². The lowest BCUT2D eigenvalue weighted by atomic mass is 9.83. The van der Waals surface area contributed by atoms with E-state index in [2.05, 4.69) is 10.6 Å². The van der Waals surface area contributed by atoms with Crippen LogP contribution in [0.1, 0.15) is 60.9 Å². The Morgan fingerprint density at radius 2 is 1.60 bits per heavy atom. The third-order valence-electron chi connectivity index (χ3n) is 8.83. The summed E-state index contributed by atoms with van der Waals surface area (Å²) >= 11 is 0. The van der Waals surface area contributed by atoms with E-state index in [1.807, 2.05) is 0 Å². The minimum atomic E-state index is -4.81. The summed E-state index contributed by atoms with van der Waals surface area (Å²) in [5.74, 6) is -5.84. The molecule has 13 heteroatoms. The van der Waals surface area contributed by atoms with E-state index in [1.54, 1.807) is 0 Å². The molecule has 0 unspecified atom stereocenters. The molecule has 3 aliphatic carbocycles. The number of methoxy groups -OCH3 is 1. The van der Waals surface area contributed by atoms with Crippen LogP contribution in [0.3, 0.4) is 0 Å². The first-order valence-corrected chi connectivity index (χ1v) is 14.1. The summed E-state index contributed by atoms with van der Waals surface area (Å²) in [6, 6.07) is 3.34. The van der Waals surface area contributed by atoms with E-state index < -0.39 is 65.1 Å². The van der Waals surface area contributed by atoms with Gasteiger partial charge in [0.25, 0.3) is 5.91 Å². The van der Waals surface area contributed by atoms with E-state index in [9.17, 15) is 41.4 Å². The molecule has 0 heterocycles. The summed E-state index contributed by atoms with van der Waals surface area (Å²) < 4.78 is 79.4. The van der Waals surface area contributed by atoms with Crippen molar-refractivity contribution >= 4 is 23.5 Å². The third kappa shape index (κ3) is 6.54. The van der Waals surface area contributed by atoms with E-state index in [0.29, 0.717) is 50.7 Å². The zero-order valence-corrected chi connectivity index (χ0v) is 23.2. The lowest BCUT2D eigenvalue weighted by molar-refractivity contribution is -0.143. The molecule has 3 fully saturated rings. The van der Waals surface area contributed by atoms with Crippen LogP contribution >= 0.6 is 0 Å². The zero-order valence-electron chi connectivity index (χ0n) is 23.2. The highest BCUT2D eigenvalue weighted by atomic mass is 19.4. The molecule has 2 aromatic carbocycles. The number of benzene rings is 2. The molecular formula is C30H31F5N2O6. The molecule has 3 aliphatic rings. The van der Waals surface area contributed by atoms with Crippen molar-refractivity contribution in [2.75, 3.05) is 12.4 Å². The first-order chi connectivity index (χ1) is 20.3. The molecule has 0 spiro atoms. The number of nitrogens with one attached hydrogen (secondary N) is 2. The van der Waals surface area contributed by atoms with Gasteiger partial charge in [-0.3, -0.25) is 14.4 Å². The number of hydrogen-bond acceptors (Lipinski definition) is 5. The number of carbonyl (C=O) groups excluding carboxylic acids is 2. The topological polar surface area (TPSA) is 114 Å². The molecule has 232 valence electrons. The van der Waals surface area contributed by atoms with Gasteiger partial charge in [0.05, 0.1) is 36.2 Å². The fourth-order valence-electron chi connectivity index (χ4n) is 6.74. The predicted molar refractivity (Wildman–Crippen MR) is 143 cm³/mol. The van der Waals surface area contributed by atoms with E-state index in [0.717, 1.165) is 18.6 Å². The van der Waals surface area contributed by atoms with Crippen LogP contribution in [0.2, 0.25) is 0 Å². The van der Waals surface area contributed by atoms with Gasteiger partial charge >= 0.3 is 12.1 Å². The Kier molecular flexibility index (Phi) is 8.53. The highest BCUT2D eigenvalue weighted by molar-refractivity contribution is 5.99. The Bertz CT molecular complexity index is 1410. The average Bonchev–Trinajstić information content (AvgIpc) is 3.55. The molecule has 8 nitrogen and oxygen atoms in total. The molecule has 2 amide bonds. The number of anilines is 1. The van der Waals surface area contributed by atoms with Gasteiger partial charge in [0.2, 0.25) is 5.91 Å². The van der Waals surface area contributed by atoms with Gasteiger partial charge in [-0.2, -0.15) is 13.2 Å². The number of aliphatic carboxylic acids is 1. The van der Waals surface area contributed by atoms with Crippen molar-refractivity contribution in [1.29, 1.82) is 0 Å². The molecule has 3 saturated carbocycles. The molecular weight excluding hydrogens is 579 g/mol. The fourth-order valence-corrected chi connectivity index (χ4v) is 6.74. The monoisotopic (exact) mass is 610 g/mol. The number of amides is 2. The predicted octanol–water partition coefficient (Wildman–Crippen LogP) is 5.80. The fraction of sp³-hybridized carbons (Fsp3) is 0.500. The average molecular weight is 611 g/mol. The van der Waals surface area contributed by atoms with Gasteiger partial charge in [-0.25, -0.2) is 8.78 Å². The van der Waals surface area contributed by atoms with Gasteiger partial charge in [0.1, 0.15) is 11.6 Å². The van der Waals surface area contributed by atoms with E-state index in [-0.39, 0.29) is 34.6 Å². The Morgan fingerprint density at radius 1 is 0.907 bits per heavy atom. The standard InChI is InChI=1S/C30H31F5N2O6/c1-42-23-13-22(32)24(43-20-6-4-14(5-7-20)29(40)41)12-21(23)27(38)37-26-16-3-2-15(8-16)25(26)28(39)36-19-10-17(30(33,34)35)9-18(31)11-19/h9-16,20,25-26H,2-8H2,1H3,(H,36,39)(H,37,38)(H,40,41)/t14?,15-,16+,20?,25+,26-/m1/s1. The molecule has 2 bridgehead atoms. The Balaban J connectivity index is 1.32. The van der Waals surface area contributed by atoms with Gasteiger partial charge in [0, 0.05) is 17.8 Å². The molecule has 4 atom stereocenters. The second kappa shape index (κ2) is 12.0. The van der Waals surface area contributed by atoms with Crippen molar-refractivity contribution in [3.8, 4) is 11.5 Å². The second-order valence-corrected chi connectivity index (χ2v) is 11.5. The molecule has 0 saturated heterocycles. The quantitative estimate of drug-likeness (QED) is 0.326. The largest absolute Gasteiger partial charge is 0.496 e. The highest BCUT2D eigenvalue weighted by Crippen LogP contribution is 2.49. The number of alkyl halides is 3. The summed E-state index contributed by atoms with van der Waals surface area (Å²) in [6.45, 7) is 0. The Hall–Kier alpha value is -3.90. The van der Waals surface area contributed by atoms with Crippen LogP contribution in [0.15, 0.2) is 30.3 Å². The molecule has 5 rings (SSSR count). The van der Waals surface area contributed by atoms with Crippen LogP contribution in [0.5, 0.6) is 11.5 Å². The summed E-state index contributed by atoms with van der Waals surface area (Å²) in [6.07, 6.45) is -1.64. The zero-order chi connectivity index (χ0) is 31.1. The van der Waals surface area contributed by atoms with Crippen LogP contribution < -0.4 is 20.1 Å². The number of ether oxygens (including phenoxy) is 2.